The maximum atomic E-state index is 4.56. The summed E-state index contributed by atoms with van der Waals surface area (Å²) in [6.45, 7) is 4.95. The van der Waals surface area contributed by atoms with Gasteiger partial charge < -0.3 is 4.90 Å². The largest absolute Gasteiger partial charge is 0.353 e. The molecule has 4 rings (SSSR count). The summed E-state index contributed by atoms with van der Waals surface area (Å²) in [6.07, 6.45) is 5.39. The van der Waals surface area contributed by atoms with Crippen LogP contribution in [0.3, 0.4) is 0 Å². The highest BCUT2D eigenvalue weighted by Crippen LogP contribution is 2.15. The number of fused-ring (bicyclic) bond motifs is 1. The smallest absolute Gasteiger partial charge is 0.177 e. The standard InChI is InChI=1S/C15H17N7/c1-2-13(10-16-5-1)11-20-6-8-21(9-7-20)15-4-3-14-18-17-12-22(14)19-15/h1-5,10,12H,6-9,11H2. The number of hydrogen-bond donors (Lipinski definition) is 0. The summed E-state index contributed by atoms with van der Waals surface area (Å²) in [4.78, 5) is 8.93. The molecule has 0 aliphatic carbocycles. The van der Waals surface area contributed by atoms with Crippen LogP contribution in [0.4, 0.5) is 5.82 Å². The number of nitrogens with zero attached hydrogens (tertiary/aromatic N) is 7. The van der Waals surface area contributed by atoms with E-state index < -0.39 is 0 Å². The topological polar surface area (TPSA) is 62.5 Å². The van der Waals surface area contributed by atoms with Crippen molar-refractivity contribution >= 4 is 11.5 Å². The van der Waals surface area contributed by atoms with E-state index in [0.717, 1.165) is 44.2 Å². The first-order valence-corrected chi connectivity index (χ1v) is 7.42. The highest BCUT2D eigenvalue weighted by Gasteiger charge is 2.18. The van der Waals surface area contributed by atoms with E-state index in [1.807, 2.05) is 30.6 Å². The zero-order valence-electron chi connectivity index (χ0n) is 12.2. The molecule has 1 aliphatic rings. The van der Waals surface area contributed by atoms with Crippen molar-refractivity contribution in [3.8, 4) is 0 Å². The molecule has 0 unspecified atom stereocenters. The van der Waals surface area contributed by atoms with Gasteiger partial charge in [-0.15, -0.1) is 15.3 Å². The van der Waals surface area contributed by atoms with Crippen molar-refractivity contribution in [1.29, 1.82) is 0 Å². The van der Waals surface area contributed by atoms with Crippen LogP contribution in [-0.4, -0.2) is 55.9 Å². The average molecular weight is 295 g/mol. The number of aromatic nitrogens is 5. The average Bonchev–Trinajstić information content (AvgIpc) is 3.04. The second-order valence-electron chi connectivity index (χ2n) is 5.45. The Kier molecular flexibility index (Phi) is 3.40. The summed E-state index contributed by atoms with van der Waals surface area (Å²) >= 11 is 0. The highest BCUT2D eigenvalue weighted by molar-refractivity contribution is 5.45. The predicted molar refractivity (Wildman–Crippen MR) is 82.5 cm³/mol. The molecular formula is C15H17N7. The maximum Gasteiger partial charge on any atom is 0.177 e. The molecule has 0 spiro atoms. The van der Waals surface area contributed by atoms with E-state index in [4.69, 9.17) is 0 Å². The van der Waals surface area contributed by atoms with Crippen LogP contribution in [0.2, 0.25) is 0 Å². The molecule has 7 nitrogen and oxygen atoms in total. The number of anilines is 1. The fourth-order valence-electron chi connectivity index (χ4n) is 2.77. The number of pyridine rings is 1. The third-order valence-corrected chi connectivity index (χ3v) is 3.97. The van der Waals surface area contributed by atoms with Gasteiger partial charge in [0.2, 0.25) is 0 Å². The Hall–Kier alpha value is -2.54. The van der Waals surface area contributed by atoms with Gasteiger partial charge in [-0.2, -0.15) is 4.52 Å². The second kappa shape index (κ2) is 5.69. The minimum Gasteiger partial charge on any atom is -0.353 e. The zero-order chi connectivity index (χ0) is 14.8. The molecule has 4 heterocycles. The van der Waals surface area contributed by atoms with Crippen molar-refractivity contribution in [1.82, 2.24) is 29.7 Å². The minimum absolute atomic E-state index is 0.777. The maximum absolute atomic E-state index is 4.56. The Morgan fingerprint density at radius 1 is 1.05 bits per heavy atom. The van der Waals surface area contributed by atoms with Crippen LogP contribution in [0, 0.1) is 0 Å². The second-order valence-corrected chi connectivity index (χ2v) is 5.45. The molecule has 0 aromatic carbocycles. The lowest BCUT2D eigenvalue weighted by atomic mass is 10.2. The summed E-state index contributed by atoms with van der Waals surface area (Å²) in [5.41, 5.74) is 2.04. The first-order valence-electron chi connectivity index (χ1n) is 7.42. The van der Waals surface area contributed by atoms with Crippen LogP contribution in [0.1, 0.15) is 5.56 Å². The highest BCUT2D eigenvalue weighted by atomic mass is 15.4. The van der Waals surface area contributed by atoms with Crippen LogP contribution in [0.25, 0.3) is 5.65 Å². The molecule has 0 bridgehead atoms. The first-order chi connectivity index (χ1) is 10.9. The molecule has 112 valence electrons. The van der Waals surface area contributed by atoms with Crippen molar-refractivity contribution in [3.05, 3.63) is 48.5 Å². The van der Waals surface area contributed by atoms with Crippen molar-refractivity contribution in [2.75, 3.05) is 31.1 Å². The van der Waals surface area contributed by atoms with Gasteiger partial charge in [0.05, 0.1) is 0 Å². The van der Waals surface area contributed by atoms with Gasteiger partial charge in [-0.1, -0.05) is 6.07 Å². The van der Waals surface area contributed by atoms with E-state index in [-0.39, 0.29) is 0 Å². The third-order valence-electron chi connectivity index (χ3n) is 3.97. The molecule has 3 aromatic rings. The van der Waals surface area contributed by atoms with Crippen LogP contribution in [-0.2, 0) is 6.54 Å². The van der Waals surface area contributed by atoms with Crippen LogP contribution >= 0.6 is 0 Å². The molecule has 1 fully saturated rings. The van der Waals surface area contributed by atoms with Gasteiger partial charge in [-0.3, -0.25) is 9.88 Å². The van der Waals surface area contributed by atoms with E-state index in [2.05, 4.69) is 36.1 Å². The fraction of sp³-hybridized carbons (Fsp3) is 0.333. The van der Waals surface area contributed by atoms with E-state index >= 15 is 0 Å². The molecule has 0 saturated carbocycles. The summed E-state index contributed by atoms with van der Waals surface area (Å²) < 4.78 is 1.72. The lowest BCUT2D eigenvalue weighted by molar-refractivity contribution is 0.249. The van der Waals surface area contributed by atoms with Gasteiger partial charge in [0.1, 0.15) is 12.1 Å². The first kappa shape index (κ1) is 13.1. The molecule has 1 aliphatic heterocycles. The number of rotatable bonds is 3. The molecule has 0 atom stereocenters. The van der Waals surface area contributed by atoms with Crippen molar-refractivity contribution in [2.24, 2.45) is 0 Å². The van der Waals surface area contributed by atoms with E-state index in [9.17, 15) is 0 Å². The molecule has 3 aromatic heterocycles. The Morgan fingerprint density at radius 2 is 1.95 bits per heavy atom. The van der Waals surface area contributed by atoms with E-state index in [1.54, 1.807) is 10.8 Å². The lowest BCUT2D eigenvalue weighted by Crippen LogP contribution is -2.46. The monoisotopic (exact) mass is 295 g/mol. The fourth-order valence-corrected chi connectivity index (χ4v) is 2.77. The van der Waals surface area contributed by atoms with Crippen LogP contribution in [0.5, 0.6) is 0 Å². The third kappa shape index (κ3) is 2.62. The van der Waals surface area contributed by atoms with E-state index in [0.29, 0.717) is 0 Å². The molecule has 22 heavy (non-hydrogen) atoms. The van der Waals surface area contributed by atoms with Crippen LogP contribution < -0.4 is 4.90 Å². The zero-order valence-corrected chi connectivity index (χ0v) is 12.2. The molecule has 0 N–H and O–H groups in total. The van der Waals surface area contributed by atoms with E-state index in [1.165, 1.54) is 5.56 Å². The molecule has 0 amide bonds. The minimum atomic E-state index is 0.777. The SMILES string of the molecule is c1cncc(CN2CCN(c3ccc4nncn4n3)CC2)c1. The van der Waals surface area contributed by atoms with Gasteiger partial charge in [0.25, 0.3) is 0 Å². The summed E-state index contributed by atoms with van der Waals surface area (Å²) in [5, 5.41) is 12.4. The normalized spacial score (nSPS) is 16.3. The lowest BCUT2D eigenvalue weighted by Gasteiger charge is -2.35. The van der Waals surface area contributed by atoms with Gasteiger partial charge in [0.15, 0.2) is 5.65 Å². The Labute approximate surface area is 128 Å². The Morgan fingerprint density at radius 3 is 2.77 bits per heavy atom. The van der Waals surface area contributed by atoms with Crippen molar-refractivity contribution in [2.45, 2.75) is 6.54 Å². The van der Waals surface area contributed by atoms with Gasteiger partial charge in [-0.05, 0) is 23.8 Å². The molecular weight excluding hydrogens is 278 g/mol. The predicted octanol–water partition coefficient (Wildman–Crippen LogP) is 0.841. The van der Waals surface area contributed by atoms with Gasteiger partial charge >= 0.3 is 0 Å². The van der Waals surface area contributed by atoms with Crippen LogP contribution in [0.15, 0.2) is 43.0 Å². The van der Waals surface area contributed by atoms with Crippen molar-refractivity contribution in [3.63, 3.8) is 0 Å². The summed E-state index contributed by atoms with van der Waals surface area (Å²) in [5.74, 6) is 0.980. The molecule has 7 heteroatoms. The van der Waals surface area contributed by atoms with Gasteiger partial charge in [-0.25, -0.2) is 0 Å². The molecule has 1 saturated heterocycles. The Bertz CT molecular complexity index is 747. The van der Waals surface area contributed by atoms with Crippen molar-refractivity contribution < 1.29 is 0 Å². The number of hydrogen-bond acceptors (Lipinski definition) is 6. The Balaban J connectivity index is 1.41. The van der Waals surface area contributed by atoms with Gasteiger partial charge in [0, 0.05) is 45.1 Å². The number of piperazine rings is 1. The summed E-state index contributed by atoms with van der Waals surface area (Å²) in [7, 11) is 0. The molecule has 0 radical (unpaired) electrons. The summed E-state index contributed by atoms with van der Waals surface area (Å²) in [6, 6.07) is 8.09. The quantitative estimate of drug-likeness (QED) is 0.713.